The topological polar surface area (TPSA) is 133 Å². The molecule has 0 aromatic heterocycles. The summed E-state index contributed by atoms with van der Waals surface area (Å²) in [5.74, 6) is -2.41. The predicted molar refractivity (Wildman–Crippen MR) is 154 cm³/mol. The predicted octanol–water partition coefficient (Wildman–Crippen LogP) is 3.31. The van der Waals surface area contributed by atoms with Crippen LogP contribution in [0.2, 0.25) is 0 Å². The van der Waals surface area contributed by atoms with Crippen LogP contribution in [0.25, 0.3) is 0 Å². The van der Waals surface area contributed by atoms with Gasteiger partial charge in [-0.1, -0.05) is 89.1 Å². The zero-order valence-corrected chi connectivity index (χ0v) is 24.2. The van der Waals surface area contributed by atoms with Crippen molar-refractivity contribution < 1.29 is 24.0 Å². The minimum atomic E-state index is -0.959. The van der Waals surface area contributed by atoms with Crippen LogP contribution in [0.5, 0.6) is 0 Å². The Labute approximate surface area is 232 Å². The lowest BCUT2D eigenvalue weighted by Crippen LogP contribution is -2.49. The first kappa shape index (κ1) is 35.0. The number of rotatable bonds is 10. The summed E-state index contributed by atoms with van der Waals surface area (Å²) < 4.78 is 0. The Hall–Kier alpha value is -4.01. The molecule has 214 valence electrons. The first-order valence-corrected chi connectivity index (χ1v) is 13.2. The van der Waals surface area contributed by atoms with Gasteiger partial charge in [-0.25, -0.2) is 0 Å². The third-order valence-corrected chi connectivity index (χ3v) is 4.47. The molecule has 0 aliphatic rings. The number of Topliss-reactive ketones (excluding diaryl/α,β-unsaturated/α-hetero) is 1. The van der Waals surface area contributed by atoms with E-state index in [2.05, 4.69) is 55.9 Å². The molecule has 2 rings (SSSR count). The number of aryl methyl sites for hydroxylation is 1. The molecule has 39 heavy (non-hydrogen) atoms. The van der Waals surface area contributed by atoms with Crippen LogP contribution in [0.3, 0.4) is 0 Å². The quantitative estimate of drug-likeness (QED) is 0.343. The van der Waals surface area contributed by atoms with Crippen LogP contribution >= 0.6 is 0 Å². The average molecular weight is 541 g/mol. The summed E-state index contributed by atoms with van der Waals surface area (Å²) in [5.41, 5.74) is 2.33. The van der Waals surface area contributed by atoms with Crippen LogP contribution in [0.4, 0.5) is 0 Å². The van der Waals surface area contributed by atoms with Crippen molar-refractivity contribution in [1.29, 1.82) is 0 Å². The van der Waals surface area contributed by atoms with E-state index in [9.17, 15) is 24.0 Å². The zero-order chi connectivity index (χ0) is 29.8. The summed E-state index contributed by atoms with van der Waals surface area (Å²) in [7, 11) is 0. The van der Waals surface area contributed by atoms with Crippen molar-refractivity contribution in [3.63, 3.8) is 0 Å². The summed E-state index contributed by atoms with van der Waals surface area (Å²) in [6.07, 6.45) is 1.25. The number of nitrogens with one attached hydrogen (secondary N) is 4. The molecule has 1 unspecified atom stereocenters. The maximum absolute atomic E-state index is 12.1. The first-order valence-electron chi connectivity index (χ1n) is 13.2. The number of hydrogen-bond acceptors (Lipinski definition) is 5. The Bertz CT molecular complexity index is 1030. The maximum atomic E-state index is 12.1. The van der Waals surface area contributed by atoms with Crippen molar-refractivity contribution in [2.24, 2.45) is 5.92 Å². The normalized spacial score (nSPS) is 10.5. The minimum Gasteiger partial charge on any atom is -0.347 e. The summed E-state index contributed by atoms with van der Waals surface area (Å²) in [4.78, 5) is 59.8. The molecule has 4 N–H and O–H groups in total. The molecule has 0 saturated carbocycles. The van der Waals surface area contributed by atoms with Crippen molar-refractivity contribution in [1.82, 2.24) is 21.3 Å². The highest BCUT2D eigenvalue weighted by Crippen LogP contribution is 2.02. The van der Waals surface area contributed by atoms with Gasteiger partial charge in [-0.3, -0.25) is 24.0 Å². The fourth-order valence-corrected chi connectivity index (χ4v) is 2.60. The van der Waals surface area contributed by atoms with Gasteiger partial charge in [-0.2, -0.15) is 0 Å². The van der Waals surface area contributed by atoms with Crippen LogP contribution < -0.4 is 21.3 Å². The lowest BCUT2D eigenvalue weighted by atomic mass is 10.1. The molecule has 0 aliphatic heterocycles. The highest BCUT2D eigenvalue weighted by atomic mass is 16.2. The molecular weight excluding hydrogens is 496 g/mol. The largest absolute Gasteiger partial charge is 0.347 e. The van der Waals surface area contributed by atoms with Crippen LogP contribution in [0.1, 0.15) is 69.4 Å². The second-order valence-electron chi connectivity index (χ2n) is 9.59. The van der Waals surface area contributed by atoms with E-state index in [1.807, 2.05) is 31.2 Å². The van der Waals surface area contributed by atoms with E-state index in [1.54, 1.807) is 30.3 Å². The number of carbonyl (C=O) groups excluding carboxylic acids is 5. The Kier molecular flexibility index (Phi) is 18.0. The average Bonchev–Trinajstić information content (AvgIpc) is 2.90. The number of carbonyl (C=O) groups is 5. The van der Waals surface area contributed by atoms with E-state index in [1.165, 1.54) is 13.3 Å². The Morgan fingerprint density at radius 3 is 1.82 bits per heavy atom. The number of ketones is 1. The fourth-order valence-electron chi connectivity index (χ4n) is 2.60. The van der Waals surface area contributed by atoms with Gasteiger partial charge < -0.3 is 21.3 Å². The summed E-state index contributed by atoms with van der Waals surface area (Å²) in [6, 6.07) is 14.9. The summed E-state index contributed by atoms with van der Waals surface area (Å²) >= 11 is 0. The zero-order valence-electron chi connectivity index (χ0n) is 24.2. The smallest absolute Gasteiger partial charge is 0.289 e. The van der Waals surface area contributed by atoms with Gasteiger partial charge >= 0.3 is 0 Å². The van der Waals surface area contributed by atoms with Gasteiger partial charge in [0.15, 0.2) is 0 Å². The van der Waals surface area contributed by atoms with Gasteiger partial charge in [0.05, 0.1) is 13.1 Å². The standard InChI is InChI=1S/C23H26N4O5.C4H10.C3H8/c1-15-8-10-17(11-9-15)12-24-23(32)19(28)13-25-21(30)16(2)27-20(29)14-26-22(31)18-6-4-3-5-7-18;1-4(2)3;1-3-2/h3-11,16H,12-14H2,1-2H3,(H,24,32)(H,25,30)(H,26,31)(H,27,29);4H,1-3H3;3H2,1-2H3. The third-order valence-electron chi connectivity index (χ3n) is 4.47. The molecule has 0 heterocycles. The molecule has 9 nitrogen and oxygen atoms in total. The Morgan fingerprint density at radius 2 is 1.28 bits per heavy atom. The lowest BCUT2D eigenvalue weighted by Gasteiger charge is -2.14. The van der Waals surface area contributed by atoms with Crippen LogP contribution in [0.15, 0.2) is 54.6 Å². The molecule has 0 fully saturated rings. The van der Waals surface area contributed by atoms with Gasteiger partial charge in [-0.15, -0.1) is 0 Å². The summed E-state index contributed by atoms with van der Waals surface area (Å²) in [5, 5.41) is 9.67. The molecule has 0 aliphatic carbocycles. The number of benzene rings is 2. The fraction of sp³-hybridized carbons (Fsp3) is 0.433. The molecular formula is C30H44N4O5. The lowest BCUT2D eigenvalue weighted by molar-refractivity contribution is -0.138. The van der Waals surface area contributed by atoms with Crippen molar-refractivity contribution in [3.05, 3.63) is 71.3 Å². The van der Waals surface area contributed by atoms with Crippen LogP contribution in [-0.4, -0.2) is 48.5 Å². The Morgan fingerprint density at radius 1 is 0.744 bits per heavy atom. The minimum absolute atomic E-state index is 0.194. The van der Waals surface area contributed by atoms with Gasteiger partial charge in [0.2, 0.25) is 17.6 Å². The molecule has 2 aromatic carbocycles. The first-order chi connectivity index (χ1) is 18.4. The van der Waals surface area contributed by atoms with E-state index in [0.29, 0.717) is 5.56 Å². The summed E-state index contributed by atoms with van der Waals surface area (Å²) in [6.45, 7) is 13.5. The Balaban J connectivity index is 0.00000185. The monoisotopic (exact) mass is 540 g/mol. The van der Waals surface area contributed by atoms with Crippen molar-refractivity contribution >= 4 is 29.4 Å². The molecule has 0 saturated heterocycles. The van der Waals surface area contributed by atoms with Gasteiger partial charge in [0.25, 0.3) is 11.8 Å². The third kappa shape index (κ3) is 17.2. The van der Waals surface area contributed by atoms with Crippen molar-refractivity contribution in [2.75, 3.05) is 13.1 Å². The van der Waals surface area contributed by atoms with Crippen molar-refractivity contribution in [3.8, 4) is 0 Å². The molecule has 0 radical (unpaired) electrons. The van der Waals surface area contributed by atoms with Gasteiger partial charge in [-0.05, 0) is 37.5 Å². The molecule has 1 atom stereocenters. The number of amides is 4. The van der Waals surface area contributed by atoms with E-state index < -0.39 is 42.0 Å². The highest BCUT2D eigenvalue weighted by molar-refractivity contribution is 6.37. The second kappa shape index (κ2) is 20.0. The van der Waals surface area contributed by atoms with Crippen molar-refractivity contribution in [2.45, 2.75) is 67.5 Å². The van der Waals surface area contributed by atoms with E-state index >= 15 is 0 Å². The van der Waals surface area contributed by atoms with E-state index in [4.69, 9.17) is 0 Å². The number of hydrogen-bond donors (Lipinski definition) is 4. The molecule has 4 amide bonds. The molecule has 0 spiro atoms. The highest BCUT2D eigenvalue weighted by Gasteiger charge is 2.19. The molecule has 2 aromatic rings. The van der Waals surface area contributed by atoms with Gasteiger partial charge in [0, 0.05) is 12.1 Å². The van der Waals surface area contributed by atoms with Crippen LogP contribution in [-0.2, 0) is 25.7 Å². The molecule has 9 heteroatoms. The maximum Gasteiger partial charge on any atom is 0.289 e. The van der Waals surface area contributed by atoms with E-state index in [-0.39, 0.29) is 13.1 Å². The molecule has 0 bridgehead atoms. The van der Waals surface area contributed by atoms with Crippen LogP contribution in [0, 0.1) is 12.8 Å². The van der Waals surface area contributed by atoms with Gasteiger partial charge in [0.1, 0.15) is 6.04 Å². The SMILES string of the molecule is CC(C)C.CCC.Cc1ccc(CNC(=O)C(=O)CNC(=O)C(C)NC(=O)CNC(=O)c2ccccc2)cc1. The second-order valence-corrected chi connectivity index (χ2v) is 9.59. The van der Waals surface area contributed by atoms with E-state index in [0.717, 1.165) is 17.0 Å².